The van der Waals surface area contributed by atoms with Gasteiger partial charge in [-0.25, -0.2) is 4.99 Å². The summed E-state index contributed by atoms with van der Waals surface area (Å²) in [5.41, 5.74) is 14.3. The summed E-state index contributed by atoms with van der Waals surface area (Å²) in [4.78, 5) is 8.65. The molecule has 0 bridgehead atoms. The van der Waals surface area contributed by atoms with Crippen LogP contribution in [-0.4, -0.2) is 26.6 Å². The molecule has 0 fully saturated rings. The van der Waals surface area contributed by atoms with Gasteiger partial charge >= 0.3 is 0 Å². The fourth-order valence-corrected chi connectivity index (χ4v) is 3.02. The van der Waals surface area contributed by atoms with Crippen molar-refractivity contribution in [2.24, 2.45) is 22.4 Å². The molecular formula is C21H25N7O. The first-order valence-corrected chi connectivity index (χ1v) is 9.20. The number of nitrogens with two attached hydrogens (primary N) is 2. The van der Waals surface area contributed by atoms with Crippen LogP contribution < -0.4 is 11.5 Å². The summed E-state index contributed by atoms with van der Waals surface area (Å²) in [6.45, 7) is 9.93. The number of allylic oxidation sites excluding steroid dienone is 1. The van der Waals surface area contributed by atoms with Crippen molar-refractivity contribution in [2.45, 2.75) is 26.2 Å². The topological polar surface area (TPSA) is 132 Å². The number of nitrogens with one attached hydrogen (secondary N) is 1. The quantitative estimate of drug-likeness (QED) is 0.530. The molecule has 8 nitrogen and oxygen atoms in total. The molecule has 1 aromatic carbocycles. The standard InChI is InChI=1S/C21H25N7O/c1-13(2)21(4,20-27-19(29-28-20)17-11-25-26-12-17)18-7-5-15(6-8-18)16(9-22)10-24-14(3)23/h5-13H,3,22-23H2,1-2,4H3,(H,25,26)/b16-9+,24-10?/t21-/m0/s1. The molecule has 2 heterocycles. The zero-order valence-corrected chi connectivity index (χ0v) is 16.8. The van der Waals surface area contributed by atoms with Gasteiger partial charge in [-0.2, -0.15) is 10.1 Å². The maximum Gasteiger partial charge on any atom is 0.261 e. The molecule has 2 aromatic heterocycles. The Labute approximate surface area is 169 Å². The van der Waals surface area contributed by atoms with Crippen molar-refractivity contribution < 1.29 is 4.52 Å². The van der Waals surface area contributed by atoms with Crippen molar-refractivity contribution in [1.82, 2.24) is 20.3 Å². The summed E-state index contributed by atoms with van der Waals surface area (Å²) in [5, 5.41) is 10.9. The van der Waals surface area contributed by atoms with Gasteiger partial charge in [-0.3, -0.25) is 5.10 Å². The highest BCUT2D eigenvalue weighted by atomic mass is 16.5. The fourth-order valence-electron chi connectivity index (χ4n) is 3.02. The van der Waals surface area contributed by atoms with Crippen molar-refractivity contribution >= 4 is 11.8 Å². The molecule has 0 spiro atoms. The van der Waals surface area contributed by atoms with E-state index in [0.29, 0.717) is 11.7 Å². The SMILES string of the molecule is C=C(N)N=C/C(=C\N)c1ccc([C@@](C)(c2noc(-c3cn[nH]c3)n2)C(C)C)cc1. The second kappa shape index (κ2) is 8.14. The van der Waals surface area contributed by atoms with Gasteiger partial charge < -0.3 is 16.0 Å². The lowest BCUT2D eigenvalue weighted by Crippen LogP contribution is -2.31. The highest BCUT2D eigenvalue weighted by Crippen LogP contribution is 2.38. The third-order valence-corrected chi connectivity index (χ3v) is 5.16. The van der Waals surface area contributed by atoms with Crippen molar-refractivity contribution in [3.8, 4) is 11.5 Å². The van der Waals surface area contributed by atoms with Crippen molar-refractivity contribution in [3.05, 3.63) is 72.2 Å². The zero-order valence-electron chi connectivity index (χ0n) is 16.8. The molecule has 0 aliphatic heterocycles. The smallest absolute Gasteiger partial charge is 0.261 e. The second-order valence-electron chi connectivity index (χ2n) is 7.22. The number of aliphatic imine (C=N–C) groups is 1. The van der Waals surface area contributed by atoms with Crippen LogP contribution in [0.2, 0.25) is 0 Å². The highest BCUT2D eigenvalue weighted by Gasteiger charge is 2.37. The van der Waals surface area contributed by atoms with Gasteiger partial charge in [0, 0.05) is 24.2 Å². The van der Waals surface area contributed by atoms with Gasteiger partial charge in [0.2, 0.25) is 0 Å². The Hall–Kier alpha value is -3.68. The molecule has 3 aromatic rings. The number of hydrogen-bond acceptors (Lipinski definition) is 7. The molecule has 0 saturated carbocycles. The lowest BCUT2D eigenvalue weighted by atomic mass is 9.72. The van der Waals surface area contributed by atoms with E-state index in [4.69, 9.17) is 16.0 Å². The number of hydrogen-bond donors (Lipinski definition) is 3. The van der Waals surface area contributed by atoms with Crippen LogP contribution in [0.25, 0.3) is 17.0 Å². The monoisotopic (exact) mass is 391 g/mol. The number of aromatic amines is 1. The molecule has 0 aliphatic rings. The largest absolute Gasteiger partial charge is 0.404 e. The van der Waals surface area contributed by atoms with Crippen LogP contribution in [0, 0.1) is 5.92 Å². The Morgan fingerprint density at radius 3 is 2.59 bits per heavy atom. The van der Waals surface area contributed by atoms with Gasteiger partial charge in [-0.05, 0) is 24.0 Å². The van der Waals surface area contributed by atoms with E-state index in [-0.39, 0.29) is 11.7 Å². The van der Waals surface area contributed by atoms with Crippen LogP contribution in [0.1, 0.15) is 37.7 Å². The Morgan fingerprint density at radius 1 is 1.31 bits per heavy atom. The molecule has 0 saturated heterocycles. The first-order chi connectivity index (χ1) is 13.9. The van der Waals surface area contributed by atoms with Crippen LogP contribution in [-0.2, 0) is 5.41 Å². The number of benzene rings is 1. The van der Waals surface area contributed by atoms with Crippen molar-refractivity contribution in [3.63, 3.8) is 0 Å². The summed E-state index contributed by atoms with van der Waals surface area (Å²) in [7, 11) is 0. The van der Waals surface area contributed by atoms with E-state index < -0.39 is 5.41 Å². The van der Waals surface area contributed by atoms with Gasteiger partial charge in [0.1, 0.15) is 5.82 Å². The van der Waals surface area contributed by atoms with E-state index in [0.717, 1.165) is 22.3 Å². The Bertz CT molecular complexity index is 1030. The molecule has 1 atom stereocenters. The molecule has 8 heteroatoms. The lowest BCUT2D eigenvalue weighted by Gasteiger charge is -2.31. The summed E-state index contributed by atoms with van der Waals surface area (Å²) in [6.07, 6.45) is 6.45. The van der Waals surface area contributed by atoms with Crippen LogP contribution in [0.5, 0.6) is 0 Å². The van der Waals surface area contributed by atoms with Gasteiger partial charge in [0.05, 0.1) is 17.2 Å². The van der Waals surface area contributed by atoms with Crippen LogP contribution in [0.3, 0.4) is 0 Å². The van der Waals surface area contributed by atoms with Gasteiger partial charge in [-0.15, -0.1) is 0 Å². The van der Waals surface area contributed by atoms with E-state index in [1.807, 2.05) is 24.3 Å². The number of nitrogens with zero attached hydrogens (tertiary/aromatic N) is 4. The second-order valence-corrected chi connectivity index (χ2v) is 7.22. The van der Waals surface area contributed by atoms with Crippen LogP contribution in [0.4, 0.5) is 0 Å². The Morgan fingerprint density at radius 2 is 2.03 bits per heavy atom. The van der Waals surface area contributed by atoms with E-state index in [9.17, 15) is 0 Å². The molecule has 0 amide bonds. The predicted molar refractivity (Wildman–Crippen MR) is 114 cm³/mol. The van der Waals surface area contributed by atoms with E-state index >= 15 is 0 Å². The minimum absolute atomic E-state index is 0.217. The maximum absolute atomic E-state index is 5.74. The Balaban J connectivity index is 1.96. The van der Waals surface area contributed by atoms with Gasteiger partial charge in [0.25, 0.3) is 5.89 Å². The minimum Gasteiger partial charge on any atom is -0.404 e. The molecule has 0 aliphatic carbocycles. The molecule has 0 radical (unpaired) electrons. The average molecular weight is 391 g/mol. The first-order valence-electron chi connectivity index (χ1n) is 9.20. The summed E-state index contributed by atoms with van der Waals surface area (Å²) >= 11 is 0. The molecule has 0 unspecified atom stereocenters. The summed E-state index contributed by atoms with van der Waals surface area (Å²) in [6, 6.07) is 8.05. The predicted octanol–water partition coefficient (Wildman–Crippen LogP) is 3.22. The van der Waals surface area contributed by atoms with E-state index in [2.05, 4.69) is 52.7 Å². The van der Waals surface area contributed by atoms with Gasteiger partial charge in [0.15, 0.2) is 5.82 Å². The fraction of sp³-hybridized carbons (Fsp3) is 0.238. The summed E-state index contributed by atoms with van der Waals surface area (Å²) < 4.78 is 5.48. The minimum atomic E-state index is -0.448. The normalized spacial score (nSPS) is 14.4. The number of H-pyrrole nitrogens is 1. The molecule has 150 valence electrons. The van der Waals surface area contributed by atoms with E-state index in [1.165, 1.54) is 6.20 Å². The average Bonchev–Trinajstić information content (AvgIpc) is 3.39. The van der Waals surface area contributed by atoms with Crippen LogP contribution >= 0.6 is 0 Å². The first kappa shape index (κ1) is 20.1. The molecule has 3 rings (SSSR count). The maximum atomic E-state index is 5.74. The molecule has 29 heavy (non-hydrogen) atoms. The van der Waals surface area contributed by atoms with E-state index in [1.54, 1.807) is 18.6 Å². The van der Waals surface area contributed by atoms with Crippen molar-refractivity contribution in [2.75, 3.05) is 0 Å². The number of aromatic nitrogens is 4. The highest BCUT2D eigenvalue weighted by molar-refractivity contribution is 6.09. The third kappa shape index (κ3) is 3.96. The molecular weight excluding hydrogens is 366 g/mol. The zero-order chi connectivity index (χ0) is 21.0. The third-order valence-electron chi connectivity index (χ3n) is 5.16. The lowest BCUT2D eigenvalue weighted by molar-refractivity contribution is 0.351. The molecule has 5 N–H and O–H groups in total. The van der Waals surface area contributed by atoms with Crippen molar-refractivity contribution in [1.29, 1.82) is 0 Å². The summed E-state index contributed by atoms with van der Waals surface area (Å²) in [5.74, 6) is 1.49. The Kier molecular flexibility index (Phi) is 5.63. The van der Waals surface area contributed by atoms with Gasteiger partial charge in [-0.1, -0.05) is 49.8 Å². The van der Waals surface area contributed by atoms with Crippen LogP contribution in [0.15, 0.2) is 64.8 Å². The number of rotatable bonds is 7.